The van der Waals surface area contributed by atoms with Crippen molar-refractivity contribution in [3.8, 4) is 5.95 Å². The van der Waals surface area contributed by atoms with Crippen molar-refractivity contribution >= 4 is 16.8 Å². The quantitative estimate of drug-likeness (QED) is 0.588. The van der Waals surface area contributed by atoms with Crippen LogP contribution in [0.15, 0.2) is 36.7 Å². The Bertz CT molecular complexity index is 1060. The molecule has 0 saturated heterocycles. The molecular formula is C24H31N5O3. The fourth-order valence-electron chi connectivity index (χ4n) is 4.04. The minimum absolute atomic E-state index is 0.119. The Labute approximate surface area is 188 Å². The maximum atomic E-state index is 12.7. The molecule has 1 aliphatic rings. The Balaban J connectivity index is 1.31. The van der Waals surface area contributed by atoms with E-state index in [0.29, 0.717) is 24.5 Å². The van der Waals surface area contributed by atoms with Gasteiger partial charge in [-0.05, 0) is 58.9 Å². The van der Waals surface area contributed by atoms with Gasteiger partial charge in [-0.25, -0.2) is 9.97 Å². The maximum absolute atomic E-state index is 12.7. The van der Waals surface area contributed by atoms with E-state index in [-0.39, 0.29) is 18.1 Å². The van der Waals surface area contributed by atoms with E-state index < -0.39 is 5.60 Å². The number of nitrogens with zero attached hydrogens (tertiary/aromatic N) is 4. The smallest absolute Gasteiger partial charge is 0.254 e. The normalized spacial score (nSPS) is 19.2. The van der Waals surface area contributed by atoms with Gasteiger partial charge in [0.05, 0.1) is 28.5 Å². The predicted molar refractivity (Wildman–Crippen MR) is 122 cm³/mol. The molecule has 1 aromatic carbocycles. The van der Waals surface area contributed by atoms with Gasteiger partial charge in [0.1, 0.15) is 0 Å². The third-order valence-corrected chi connectivity index (χ3v) is 5.94. The third kappa shape index (κ3) is 5.31. The number of aryl methyl sites for hydroxylation is 1. The van der Waals surface area contributed by atoms with Crippen molar-refractivity contribution in [2.24, 2.45) is 0 Å². The number of hydrogen-bond acceptors (Lipinski definition) is 6. The second kappa shape index (κ2) is 9.34. The summed E-state index contributed by atoms with van der Waals surface area (Å²) in [5, 5.41) is 18.5. The first kappa shape index (κ1) is 22.4. The van der Waals surface area contributed by atoms with Gasteiger partial charge < -0.3 is 15.2 Å². The zero-order valence-electron chi connectivity index (χ0n) is 18.9. The lowest BCUT2D eigenvalue weighted by Crippen LogP contribution is -2.39. The summed E-state index contributed by atoms with van der Waals surface area (Å²) in [6.45, 7) is 6.09. The highest BCUT2D eigenvalue weighted by molar-refractivity contribution is 5.93. The highest BCUT2D eigenvalue weighted by Crippen LogP contribution is 2.23. The molecule has 0 spiro atoms. The van der Waals surface area contributed by atoms with Crippen LogP contribution < -0.4 is 5.32 Å². The number of aliphatic hydroxyl groups is 1. The summed E-state index contributed by atoms with van der Waals surface area (Å²) in [6.07, 6.45) is 7.46. The molecule has 170 valence electrons. The predicted octanol–water partition coefficient (Wildman–Crippen LogP) is 3.34. The van der Waals surface area contributed by atoms with E-state index in [1.807, 2.05) is 31.2 Å². The van der Waals surface area contributed by atoms with E-state index >= 15 is 0 Å². The van der Waals surface area contributed by atoms with E-state index in [1.165, 1.54) is 0 Å². The number of fused-ring (bicyclic) bond motifs is 1. The first-order valence-electron chi connectivity index (χ1n) is 11.2. The van der Waals surface area contributed by atoms with Gasteiger partial charge in [-0.3, -0.25) is 4.79 Å². The summed E-state index contributed by atoms with van der Waals surface area (Å²) in [5.74, 6) is 0.277. The molecule has 2 aromatic heterocycles. The number of amides is 1. The average molecular weight is 438 g/mol. The molecule has 4 rings (SSSR count). The van der Waals surface area contributed by atoms with Crippen LogP contribution in [0.2, 0.25) is 0 Å². The third-order valence-electron chi connectivity index (χ3n) is 5.94. The molecule has 1 amide bonds. The summed E-state index contributed by atoms with van der Waals surface area (Å²) in [4.78, 5) is 21.4. The van der Waals surface area contributed by atoms with Crippen molar-refractivity contribution in [3.63, 3.8) is 0 Å². The molecule has 2 N–H and O–H groups in total. The average Bonchev–Trinajstić information content (AvgIpc) is 3.11. The monoisotopic (exact) mass is 437 g/mol. The standard InChI is InChI=1S/C24H31N5O3/c1-16-20-6-4-5-7-21(20)29(28-16)23-25-14-17(15-26-23)22(30)27-18-8-10-19(11-9-18)32-13-12-24(2,3)31/h4-7,14-15,18-19,31H,8-13H2,1-3H3,(H,27,30). The molecule has 8 nitrogen and oxygen atoms in total. The number of para-hydroxylation sites is 1. The summed E-state index contributed by atoms with van der Waals surface area (Å²) >= 11 is 0. The molecule has 0 atom stereocenters. The van der Waals surface area contributed by atoms with Gasteiger partial charge in [0.15, 0.2) is 0 Å². The Hall–Kier alpha value is -2.84. The Morgan fingerprint density at radius 2 is 1.88 bits per heavy atom. The molecule has 0 bridgehead atoms. The molecule has 3 aromatic rings. The molecule has 2 heterocycles. The lowest BCUT2D eigenvalue weighted by Gasteiger charge is -2.29. The fraction of sp³-hybridized carbons (Fsp3) is 0.500. The van der Waals surface area contributed by atoms with Gasteiger partial charge in [-0.1, -0.05) is 18.2 Å². The van der Waals surface area contributed by atoms with Crippen LogP contribution in [0.25, 0.3) is 16.9 Å². The van der Waals surface area contributed by atoms with Crippen molar-refractivity contribution in [2.45, 2.75) is 70.6 Å². The van der Waals surface area contributed by atoms with Crippen LogP contribution in [0, 0.1) is 6.92 Å². The van der Waals surface area contributed by atoms with Gasteiger partial charge in [-0.15, -0.1) is 0 Å². The molecule has 0 unspecified atom stereocenters. The van der Waals surface area contributed by atoms with Crippen LogP contribution in [0.3, 0.4) is 0 Å². The molecule has 32 heavy (non-hydrogen) atoms. The van der Waals surface area contributed by atoms with Crippen LogP contribution in [-0.4, -0.2) is 55.1 Å². The van der Waals surface area contributed by atoms with Crippen LogP contribution in [0.1, 0.15) is 62.0 Å². The first-order valence-corrected chi connectivity index (χ1v) is 11.2. The molecule has 1 saturated carbocycles. The van der Waals surface area contributed by atoms with Crippen LogP contribution >= 0.6 is 0 Å². The number of nitrogens with one attached hydrogen (secondary N) is 1. The summed E-state index contributed by atoms with van der Waals surface area (Å²) in [6, 6.07) is 8.04. The Kier molecular flexibility index (Phi) is 6.53. The van der Waals surface area contributed by atoms with Crippen LogP contribution in [-0.2, 0) is 4.74 Å². The number of benzene rings is 1. The molecular weight excluding hydrogens is 406 g/mol. The highest BCUT2D eigenvalue weighted by Gasteiger charge is 2.24. The zero-order chi connectivity index (χ0) is 22.7. The van der Waals surface area contributed by atoms with Gasteiger partial charge >= 0.3 is 0 Å². The molecule has 1 aliphatic carbocycles. The van der Waals surface area contributed by atoms with Crippen molar-refractivity contribution in [3.05, 3.63) is 47.9 Å². The van der Waals surface area contributed by atoms with E-state index in [2.05, 4.69) is 20.4 Å². The SMILES string of the molecule is Cc1nn(-c2ncc(C(=O)NC3CCC(OCCC(C)(C)O)CC3)cn2)c2ccccc12. The second-order valence-electron chi connectivity index (χ2n) is 9.17. The minimum Gasteiger partial charge on any atom is -0.390 e. The molecule has 1 fully saturated rings. The maximum Gasteiger partial charge on any atom is 0.254 e. The Morgan fingerprint density at radius 3 is 2.56 bits per heavy atom. The van der Waals surface area contributed by atoms with Gasteiger partial charge in [-0.2, -0.15) is 9.78 Å². The second-order valence-corrected chi connectivity index (χ2v) is 9.17. The van der Waals surface area contributed by atoms with Crippen molar-refractivity contribution in [1.82, 2.24) is 25.1 Å². The zero-order valence-corrected chi connectivity index (χ0v) is 18.9. The minimum atomic E-state index is -0.702. The number of hydrogen-bond donors (Lipinski definition) is 2. The van der Waals surface area contributed by atoms with Crippen LogP contribution in [0.4, 0.5) is 0 Å². The van der Waals surface area contributed by atoms with E-state index in [1.54, 1.807) is 30.9 Å². The van der Waals surface area contributed by atoms with E-state index in [0.717, 1.165) is 42.3 Å². The number of rotatable bonds is 7. The first-order chi connectivity index (χ1) is 15.3. The van der Waals surface area contributed by atoms with Gasteiger partial charge in [0.25, 0.3) is 11.9 Å². The summed E-state index contributed by atoms with van der Waals surface area (Å²) < 4.78 is 7.58. The number of carbonyl (C=O) groups excluding carboxylic acids is 1. The number of aromatic nitrogens is 4. The topological polar surface area (TPSA) is 102 Å². The van der Waals surface area contributed by atoms with E-state index in [9.17, 15) is 9.90 Å². The summed E-state index contributed by atoms with van der Waals surface area (Å²) in [7, 11) is 0. The van der Waals surface area contributed by atoms with Crippen molar-refractivity contribution in [1.29, 1.82) is 0 Å². The summed E-state index contributed by atoms with van der Waals surface area (Å²) in [5.41, 5.74) is 1.58. The molecule has 8 heteroatoms. The van der Waals surface area contributed by atoms with Gasteiger partial charge in [0.2, 0.25) is 0 Å². The van der Waals surface area contributed by atoms with E-state index in [4.69, 9.17) is 4.74 Å². The largest absolute Gasteiger partial charge is 0.390 e. The lowest BCUT2D eigenvalue weighted by atomic mass is 9.92. The van der Waals surface area contributed by atoms with Gasteiger partial charge in [0, 0.05) is 30.4 Å². The molecule has 0 radical (unpaired) electrons. The van der Waals surface area contributed by atoms with Crippen LogP contribution in [0.5, 0.6) is 0 Å². The van der Waals surface area contributed by atoms with Crippen molar-refractivity contribution < 1.29 is 14.6 Å². The lowest BCUT2D eigenvalue weighted by molar-refractivity contribution is -0.0165. The number of ether oxygens (including phenoxy) is 1. The highest BCUT2D eigenvalue weighted by atomic mass is 16.5. The molecule has 0 aliphatic heterocycles. The number of carbonyl (C=O) groups is 1. The van der Waals surface area contributed by atoms with Crippen molar-refractivity contribution in [2.75, 3.05) is 6.61 Å². The Morgan fingerprint density at radius 1 is 1.19 bits per heavy atom. The fourth-order valence-corrected chi connectivity index (χ4v) is 4.04.